The Morgan fingerprint density at radius 1 is 0.853 bits per heavy atom. The van der Waals surface area contributed by atoms with Crippen molar-refractivity contribution in [1.29, 1.82) is 0 Å². The third-order valence-electron chi connectivity index (χ3n) is 14.1. The van der Waals surface area contributed by atoms with Crippen LogP contribution in [-0.4, -0.2) is 24.3 Å². The van der Waals surface area contributed by atoms with E-state index >= 15 is 0 Å². The number of methoxy groups -OCH3 is 1. The molecule has 0 aliphatic heterocycles. The molecule has 5 rings (SSSR count). The van der Waals surface area contributed by atoms with Crippen LogP contribution < -0.4 is 0 Å². The zero-order valence-electron chi connectivity index (χ0n) is 23.0. The van der Waals surface area contributed by atoms with Gasteiger partial charge in [-0.25, -0.2) is 0 Å². The number of allylic oxidation sites excluding steroid dienone is 1. The van der Waals surface area contributed by atoms with Crippen molar-refractivity contribution in [3.05, 3.63) is 12.7 Å². The topological polar surface area (TPSA) is 46.5 Å². The first-order chi connectivity index (χ1) is 15.8. The van der Waals surface area contributed by atoms with Crippen molar-refractivity contribution >= 4 is 5.97 Å². The lowest BCUT2D eigenvalue weighted by Gasteiger charge is -2.75. The van der Waals surface area contributed by atoms with Crippen LogP contribution in [0.1, 0.15) is 106 Å². The van der Waals surface area contributed by atoms with E-state index in [0.29, 0.717) is 23.7 Å². The van der Waals surface area contributed by atoms with Gasteiger partial charge in [-0.05, 0) is 115 Å². The summed E-state index contributed by atoms with van der Waals surface area (Å²) in [6.07, 6.45) is 13.1. The third kappa shape index (κ3) is 2.61. The molecule has 1 N–H and O–H groups in total. The maximum atomic E-state index is 13.4. The van der Waals surface area contributed by atoms with Crippen molar-refractivity contribution in [3.63, 3.8) is 0 Å². The van der Waals surface area contributed by atoms with Gasteiger partial charge < -0.3 is 9.84 Å². The Labute approximate surface area is 208 Å². The van der Waals surface area contributed by atoms with Crippen LogP contribution in [0.5, 0.6) is 0 Å². The molecule has 0 bridgehead atoms. The Kier molecular flexibility index (Phi) is 5.38. The maximum Gasteiger partial charge on any atom is 0.312 e. The summed E-state index contributed by atoms with van der Waals surface area (Å²) in [5, 5.41) is 10.9. The predicted molar refractivity (Wildman–Crippen MR) is 137 cm³/mol. The summed E-state index contributed by atoms with van der Waals surface area (Å²) in [4.78, 5) is 13.4. The average Bonchev–Trinajstić information content (AvgIpc) is 3.19. The van der Waals surface area contributed by atoms with E-state index in [2.05, 4.69) is 54.2 Å². The molecule has 5 aliphatic rings. The fourth-order valence-corrected chi connectivity index (χ4v) is 12.1. The number of carbonyl (C=O) groups excluding carboxylic acids is 1. The number of fused-ring (bicyclic) bond motifs is 7. The average molecular weight is 471 g/mol. The summed E-state index contributed by atoms with van der Waals surface area (Å²) >= 11 is 0. The first kappa shape index (κ1) is 24.8. The molecule has 0 unspecified atom stereocenters. The molecule has 0 aromatic heterocycles. The summed E-state index contributed by atoms with van der Waals surface area (Å²) in [5.41, 5.74) is 0.480. The molecular formula is C31H50O3. The highest BCUT2D eigenvalue weighted by Gasteiger charge is 2.75. The van der Waals surface area contributed by atoms with Crippen LogP contribution in [0.25, 0.3) is 0 Å². The SMILES string of the molecule is C=C[C@H]1CC[C@@]2(C(=O)OC)CC[C@@]3(C)[C@@](C)(CC[C@@H]4[C@]5(C)CC[C@H](O)C(C)(C)[C@H]5CC[C@@]43C)[C@H]12. The molecule has 5 saturated carbocycles. The first-order valence-corrected chi connectivity index (χ1v) is 14.2. The van der Waals surface area contributed by atoms with Gasteiger partial charge in [0.25, 0.3) is 0 Å². The highest BCUT2D eigenvalue weighted by Crippen LogP contribution is 2.81. The monoisotopic (exact) mass is 470 g/mol. The minimum atomic E-state index is -0.330. The van der Waals surface area contributed by atoms with Gasteiger partial charge in [0, 0.05) is 0 Å². The van der Waals surface area contributed by atoms with E-state index in [-0.39, 0.29) is 44.6 Å². The van der Waals surface area contributed by atoms with E-state index in [1.165, 1.54) is 25.7 Å². The van der Waals surface area contributed by atoms with Gasteiger partial charge in [0.1, 0.15) is 0 Å². The Morgan fingerprint density at radius 2 is 1.50 bits per heavy atom. The molecule has 0 spiro atoms. The molecule has 34 heavy (non-hydrogen) atoms. The van der Waals surface area contributed by atoms with E-state index in [0.717, 1.165) is 38.5 Å². The normalized spacial score (nSPS) is 55.8. The van der Waals surface area contributed by atoms with E-state index in [1.54, 1.807) is 7.11 Å². The highest BCUT2D eigenvalue weighted by molar-refractivity contribution is 5.78. The molecule has 0 amide bonds. The quantitative estimate of drug-likeness (QED) is 0.343. The van der Waals surface area contributed by atoms with E-state index in [9.17, 15) is 9.90 Å². The van der Waals surface area contributed by atoms with Gasteiger partial charge in [-0.3, -0.25) is 4.79 Å². The van der Waals surface area contributed by atoms with E-state index < -0.39 is 0 Å². The number of esters is 1. The lowest BCUT2D eigenvalue weighted by atomic mass is 9.29. The summed E-state index contributed by atoms with van der Waals surface area (Å²) in [6, 6.07) is 0. The number of hydrogen-bond donors (Lipinski definition) is 1. The standard InChI is InChI=1S/C31H50O3/c1-9-20-10-17-31(25(33)34-8)19-18-30(7)28(5)15-11-21-26(2,3)23(32)13-14-27(21,4)22(28)12-16-29(30,6)24(20)31/h9,20-24,32H,1,10-19H2,2-8H3/t20-,21+,22+,23-,24-,27+,28-,29-,30+,31+/m0/s1. The van der Waals surface area contributed by atoms with E-state index in [4.69, 9.17) is 4.74 Å². The molecule has 0 radical (unpaired) electrons. The van der Waals surface area contributed by atoms with Crippen LogP contribution in [0.2, 0.25) is 0 Å². The van der Waals surface area contributed by atoms with Crippen LogP contribution in [-0.2, 0) is 9.53 Å². The van der Waals surface area contributed by atoms with Crippen molar-refractivity contribution in [1.82, 2.24) is 0 Å². The van der Waals surface area contributed by atoms with Crippen LogP contribution in [0, 0.1) is 56.2 Å². The molecule has 0 aromatic rings. The molecule has 192 valence electrons. The number of aliphatic hydroxyl groups excluding tert-OH is 1. The summed E-state index contributed by atoms with van der Waals surface area (Å²) < 4.78 is 5.50. The van der Waals surface area contributed by atoms with Crippen LogP contribution in [0.4, 0.5) is 0 Å². The first-order valence-electron chi connectivity index (χ1n) is 14.2. The van der Waals surface area contributed by atoms with Crippen molar-refractivity contribution in [2.24, 2.45) is 56.2 Å². The summed E-state index contributed by atoms with van der Waals surface area (Å²) in [7, 11) is 1.59. The van der Waals surface area contributed by atoms with Gasteiger partial charge >= 0.3 is 5.97 Å². The lowest BCUT2D eigenvalue weighted by Crippen LogP contribution is -2.70. The second-order valence-corrected chi connectivity index (χ2v) is 14.8. The van der Waals surface area contributed by atoms with Crippen LogP contribution >= 0.6 is 0 Å². The minimum absolute atomic E-state index is 0.0119. The van der Waals surface area contributed by atoms with Gasteiger partial charge in [0.2, 0.25) is 0 Å². The van der Waals surface area contributed by atoms with Crippen LogP contribution in [0.3, 0.4) is 0 Å². The molecule has 5 aliphatic carbocycles. The summed E-state index contributed by atoms with van der Waals surface area (Å²) in [5.74, 6) is 2.03. The zero-order chi connectivity index (χ0) is 24.9. The molecule has 0 heterocycles. The Balaban J connectivity index is 1.60. The molecule has 0 aromatic carbocycles. The van der Waals surface area contributed by atoms with Gasteiger partial charge in [-0.1, -0.05) is 47.6 Å². The van der Waals surface area contributed by atoms with Gasteiger partial charge in [-0.15, -0.1) is 6.58 Å². The summed E-state index contributed by atoms with van der Waals surface area (Å²) in [6.45, 7) is 19.3. The predicted octanol–water partition coefficient (Wildman–Crippen LogP) is 7.18. The lowest BCUT2D eigenvalue weighted by molar-refractivity contribution is -0.276. The van der Waals surface area contributed by atoms with Gasteiger partial charge in [0.05, 0.1) is 18.6 Å². The Morgan fingerprint density at radius 3 is 2.15 bits per heavy atom. The molecule has 0 saturated heterocycles. The number of carbonyl (C=O) groups is 1. The van der Waals surface area contributed by atoms with Crippen molar-refractivity contribution in [2.45, 2.75) is 112 Å². The fourth-order valence-electron chi connectivity index (χ4n) is 12.1. The van der Waals surface area contributed by atoms with Gasteiger partial charge in [0.15, 0.2) is 0 Å². The second-order valence-electron chi connectivity index (χ2n) is 14.8. The van der Waals surface area contributed by atoms with Crippen LogP contribution in [0.15, 0.2) is 12.7 Å². The molecule has 10 atom stereocenters. The number of rotatable bonds is 2. The molecular weight excluding hydrogens is 420 g/mol. The number of aliphatic hydroxyl groups is 1. The van der Waals surface area contributed by atoms with Gasteiger partial charge in [-0.2, -0.15) is 0 Å². The highest BCUT2D eigenvalue weighted by atomic mass is 16.5. The maximum absolute atomic E-state index is 13.4. The number of hydrogen-bond acceptors (Lipinski definition) is 3. The third-order valence-corrected chi connectivity index (χ3v) is 14.1. The minimum Gasteiger partial charge on any atom is -0.469 e. The smallest absolute Gasteiger partial charge is 0.312 e. The van der Waals surface area contributed by atoms with Crippen molar-refractivity contribution in [3.8, 4) is 0 Å². The van der Waals surface area contributed by atoms with Crippen molar-refractivity contribution < 1.29 is 14.6 Å². The molecule has 3 heteroatoms. The largest absolute Gasteiger partial charge is 0.469 e. The molecule has 5 fully saturated rings. The molecule has 3 nitrogen and oxygen atoms in total. The van der Waals surface area contributed by atoms with Crippen molar-refractivity contribution in [2.75, 3.05) is 7.11 Å². The Bertz CT molecular complexity index is 878. The zero-order valence-corrected chi connectivity index (χ0v) is 23.0. The van der Waals surface area contributed by atoms with E-state index in [1.807, 2.05) is 0 Å². The number of ether oxygens (including phenoxy) is 1. The second kappa shape index (κ2) is 7.36. The fraction of sp³-hybridized carbons (Fsp3) is 0.903. The Hall–Kier alpha value is -0.830.